The Kier molecular flexibility index (Phi) is 5.13. The zero-order chi connectivity index (χ0) is 18.7. The molecule has 8 heteroatoms. The molecular formula is C18H16F2N2O4. The van der Waals surface area contributed by atoms with Crippen molar-refractivity contribution < 1.29 is 23.1 Å². The Balaban J connectivity index is 1.56. The molecule has 0 saturated heterocycles. The van der Waals surface area contributed by atoms with Gasteiger partial charge in [-0.05, 0) is 29.8 Å². The molecule has 26 heavy (non-hydrogen) atoms. The Morgan fingerprint density at radius 2 is 1.96 bits per heavy atom. The summed E-state index contributed by atoms with van der Waals surface area (Å²) >= 11 is 0. The topological polar surface area (TPSA) is 84.5 Å². The van der Waals surface area contributed by atoms with Gasteiger partial charge in [-0.3, -0.25) is 9.36 Å². The average Bonchev–Trinajstić information content (AvgIpc) is 2.95. The van der Waals surface area contributed by atoms with Crippen LogP contribution in [0.15, 0.2) is 51.7 Å². The minimum absolute atomic E-state index is 0.00602. The van der Waals surface area contributed by atoms with E-state index in [-0.39, 0.29) is 25.1 Å². The number of fused-ring (bicyclic) bond motifs is 1. The number of hydrogen-bond donors (Lipinski definition) is 2. The van der Waals surface area contributed by atoms with E-state index in [9.17, 15) is 23.5 Å². The lowest BCUT2D eigenvalue weighted by molar-refractivity contribution is -0.121. The van der Waals surface area contributed by atoms with E-state index in [1.165, 1.54) is 10.6 Å². The molecule has 1 heterocycles. The molecule has 0 spiro atoms. The Morgan fingerprint density at radius 1 is 1.19 bits per heavy atom. The van der Waals surface area contributed by atoms with Gasteiger partial charge in [0, 0.05) is 19.5 Å². The first-order chi connectivity index (χ1) is 12.5. The summed E-state index contributed by atoms with van der Waals surface area (Å²) in [6, 6.07) is 9.90. The molecule has 2 aromatic carbocycles. The quantitative estimate of drug-likeness (QED) is 0.703. The maximum absolute atomic E-state index is 13.2. The number of para-hydroxylation sites is 2. The zero-order valence-corrected chi connectivity index (χ0v) is 13.6. The highest BCUT2D eigenvalue weighted by Gasteiger charge is 2.14. The van der Waals surface area contributed by atoms with Gasteiger partial charge < -0.3 is 14.8 Å². The van der Waals surface area contributed by atoms with Crippen LogP contribution in [0.5, 0.6) is 0 Å². The number of amides is 1. The van der Waals surface area contributed by atoms with Gasteiger partial charge >= 0.3 is 5.76 Å². The first-order valence-corrected chi connectivity index (χ1v) is 7.94. The van der Waals surface area contributed by atoms with Crippen molar-refractivity contribution in [3.63, 3.8) is 0 Å². The van der Waals surface area contributed by atoms with Crippen LogP contribution in [0.25, 0.3) is 11.1 Å². The molecule has 0 fully saturated rings. The van der Waals surface area contributed by atoms with Gasteiger partial charge in [0.05, 0.1) is 11.6 Å². The number of halogens is 2. The molecule has 0 aliphatic heterocycles. The summed E-state index contributed by atoms with van der Waals surface area (Å²) in [4.78, 5) is 23.8. The minimum Gasteiger partial charge on any atom is -0.408 e. The summed E-state index contributed by atoms with van der Waals surface area (Å²) in [6.45, 7) is -0.0477. The van der Waals surface area contributed by atoms with Gasteiger partial charge in [0.1, 0.15) is 0 Å². The van der Waals surface area contributed by atoms with E-state index < -0.39 is 29.4 Å². The van der Waals surface area contributed by atoms with Crippen LogP contribution in [-0.2, 0) is 11.3 Å². The van der Waals surface area contributed by atoms with Crippen LogP contribution in [0.1, 0.15) is 18.1 Å². The Labute approximate surface area is 146 Å². The molecule has 6 nitrogen and oxygen atoms in total. The highest BCUT2D eigenvalue weighted by molar-refractivity contribution is 5.76. The number of rotatable bonds is 6. The molecule has 1 amide bonds. The van der Waals surface area contributed by atoms with Gasteiger partial charge in [0.25, 0.3) is 0 Å². The fourth-order valence-corrected chi connectivity index (χ4v) is 2.58. The van der Waals surface area contributed by atoms with Crippen LogP contribution in [0.4, 0.5) is 8.78 Å². The van der Waals surface area contributed by atoms with Crippen molar-refractivity contribution in [1.82, 2.24) is 9.88 Å². The smallest absolute Gasteiger partial charge is 0.408 e. The lowest BCUT2D eigenvalue weighted by atomic mass is 10.1. The van der Waals surface area contributed by atoms with E-state index in [0.717, 1.165) is 12.1 Å². The van der Waals surface area contributed by atoms with Crippen molar-refractivity contribution in [2.75, 3.05) is 6.54 Å². The number of aliphatic hydroxyl groups is 1. The summed E-state index contributed by atoms with van der Waals surface area (Å²) in [5.41, 5.74) is 1.18. The standard InChI is InChI=1S/C18H16F2N2O4/c19-12-6-5-11(9-13(12)20)15(23)10-21-17(24)7-8-22-14-3-1-2-4-16(14)26-18(22)25/h1-6,9,15,23H,7-8,10H2,(H,21,24)/t15-/m0/s1. The number of benzene rings is 2. The maximum atomic E-state index is 13.2. The summed E-state index contributed by atoms with van der Waals surface area (Å²) in [5.74, 6) is -3.04. The van der Waals surface area contributed by atoms with Gasteiger partial charge in [0.2, 0.25) is 5.91 Å². The van der Waals surface area contributed by atoms with E-state index in [2.05, 4.69) is 5.32 Å². The average molecular weight is 362 g/mol. The Hall–Kier alpha value is -3.00. The third-order valence-corrected chi connectivity index (χ3v) is 3.96. The monoisotopic (exact) mass is 362 g/mol. The molecule has 0 saturated carbocycles. The number of aliphatic hydroxyl groups excluding tert-OH is 1. The molecule has 0 radical (unpaired) electrons. The highest BCUT2D eigenvalue weighted by Crippen LogP contribution is 2.16. The van der Waals surface area contributed by atoms with Gasteiger partial charge in [-0.2, -0.15) is 0 Å². The van der Waals surface area contributed by atoms with Gasteiger partial charge in [-0.1, -0.05) is 18.2 Å². The first-order valence-electron chi connectivity index (χ1n) is 7.94. The van der Waals surface area contributed by atoms with Crippen LogP contribution >= 0.6 is 0 Å². The third kappa shape index (κ3) is 3.80. The molecule has 3 aromatic rings. The van der Waals surface area contributed by atoms with Crippen LogP contribution in [-0.4, -0.2) is 22.1 Å². The molecule has 2 N–H and O–H groups in total. The second-order valence-electron chi connectivity index (χ2n) is 5.73. The largest absolute Gasteiger partial charge is 0.419 e. The van der Waals surface area contributed by atoms with Crippen LogP contribution in [0.2, 0.25) is 0 Å². The highest BCUT2D eigenvalue weighted by atomic mass is 19.2. The second kappa shape index (κ2) is 7.49. The molecular weight excluding hydrogens is 346 g/mol. The summed E-state index contributed by atoms with van der Waals surface area (Å²) < 4.78 is 32.5. The Morgan fingerprint density at radius 3 is 2.73 bits per heavy atom. The van der Waals surface area contributed by atoms with E-state index in [4.69, 9.17) is 4.42 Å². The number of oxazole rings is 1. The normalized spacial score (nSPS) is 12.3. The third-order valence-electron chi connectivity index (χ3n) is 3.96. The van der Waals surface area contributed by atoms with Crippen molar-refractivity contribution in [1.29, 1.82) is 0 Å². The van der Waals surface area contributed by atoms with Crippen LogP contribution < -0.4 is 11.1 Å². The number of nitrogens with one attached hydrogen (secondary N) is 1. The number of nitrogens with zero attached hydrogens (tertiary/aromatic N) is 1. The molecule has 1 atom stereocenters. The van der Waals surface area contributed by atoms with Crippen LogP contribution in [0.3, 0.4) is 0 Å². The van der Waals surface area contributed by atoms with Crippen LogP contribution in [0, 0.1) is 11.6 Å². The van der Waals surface area contributed by atoms with Gasteiger partial charge in [-0.15, -0.1) is 0 Å². The lowest BCUT2D eigenvalue weighted by Crippen LogP contribution is -2.30. The minimum atomic E-state index is -1.17. The fraction of sp³-hybridized carbons (Fsp3) is 0.222. The van der Waals surface area contributed by atoms with Crippen molar-refractivity contribution in [3.05, 3.63) is 70.2 Å². The van der Waals surface area contributed by atoms with Gasteiger partial charge in [-0.25, -0.2) is 13.6 Å². The van der Waals surface area contributed by atoms with E-state index in [1.54, 1.807) is 24.3 Å². The summed E-state index contributed by atoms with van der Waals surface area (Å²) in [5, 5.41) is 12.4. The van der Waals surface area contributed by atoms with E-state index in [0.29, 0.717) is 11.1 Å². The molecule has 0 unspecified atom stereocenters. The SMILES string of the molecule is O=C(CCn1c(=O)oc2ccccc21)NC[C@H](O)c1ccc(F)c(F)c1. The van der Waals surface area contributed by atoms with E-state index >= 15 is 0 Å². The molecule has 1 aromatic heterocycles. The second-order valence-corrected chi connectivity index (χ2v) is 5.73. The molecule has 3 rings (SSSR count). The summed E-state index contributed by atoms with van der Waals surface area (Å²) in [7, 11) is 0. The number of hydrogen-bond acceptors (Lipinski definition) is 4. The summed E-state index contributed by atoms with van der Waals surface area (Å²) in [6.07, 6.45) is -1.18. The zero-order valence-electron chi connectivity index (χ0n) is 13.6. The number of carbonyl (C=O) groups excluding carboxylic acids is 1. The van der Waals surface area contributed by atoms with Crippen molar-refractivity contribution in [2.24, 2.45) is 0 Å². The molecule has 136 valence electrons. The van der Waals surface area contributed by atoms with E-state index in [1.807, 2.05) is 0 Å². The maximum Gasteiger partial charge on any atom is 0.419 e. The predicted octanol–water partition coefficient (Wildman–Crippen LogP) is 2.11. The molecule has 0 aliphatic carbocycles. The molecule has 0 aliphatic rings. The lowest BCUT2D eigenvalue weighted by Gasteiger charge is -2.12. The Bertz CT molecular complexity index is 996. The fourth-order valence-electron chi connectivity index (χ4n) is 2.58. The first kappa shape index (κ1) is 17.8. The van der Waals surface area contributed by atoms with Crippen molar-refractivity contribution in [2.45, 2.75) is 19.1 Å². The van der Waals surface area contributed by atoms with Crippen molar-refractivity contribution in [3.8, 4) is 0 Å². The number of aromatic nitrogens is 1. The molecule has 0 bridgehead atoms. The van der Waals surface area contributed by atoms with Gasteiger partial charge in [0.15, 0.2) is 17.2 Å². The predicted molar refractivity (Wildman–Crippen MR) is 89.4 cm³/mol. The van der Waals surface area contributed by atoms with Crippen molar-refractivity contribution >= 4 is 17.0 Å². The number of carbonyl (C=O) groups is 1. The number of aryl methyl sites for hydroxylation is 1.